The number of ketones is 1. The molecule has 1 aliphatic rings. The summed E-state index contributed by atoms with van der Waals surface area (Å²) in [5.41, 5.74) is 8.49. The van der Waals surface area contributed by atoms with Gasteiger partial charge >= 0.3 is 0 Å². The van der Waals surface area contributed by atoms with Crippen LogP contribution in [0.25, 0.3) is 27.4 Å². The lowest BCUT2D eigenvalue weighted by molar-refractivity contribution is 0.103. The molecule has 192 valence electrons. The molecular weight excluding hydrogens is 484 g/mol. The second-order valence-corrected chi connectivity index (χ2v) is 11.2. The van der Waals surface area contributed by atoms with Gasteiger partial charge in [0.2, 0.25) is 0 Å². The molecule has 0 unspecified atom stereocenters. The Bertz CT molecular complexity index is 1630. The van der Waals surface area contributed by atoms with Crippen molar-refractivity contribution in [3.63, 3.8) is 0 Å². The number of hydrogen-bond donors (Lipinski definition) is 1. The fourth-order valence-corrected chi connectivity index (χ4v) is 6.08. The second kappa shape index (κ2) is 11.0. The van der Waals surface area contributed by atoms with Gasteiger partial charge in [-0.1, -0.05) is 48.1 Å². The first-order chi connectivity index (χ1) is 18.4. The zero-order chi connectivity index (χ0) is 26.8. The molecule has 0 amide bonds. The van der Waals surface area contributed by atoms with Crippen LogP contribution in [0.4, 0.5) is 0 Å². The third kappa shape index (κ3) is 5.06. The first-order valence-corrected chi connectivity index (χ1v) is 14.3. The first kappa shape index (κ1) is 26.0. The van der Waals surface area contributed by atoms with Crippen molar-refractivity contribution in [2.45, 2.75) is 51.5 Å². The van der Waals surface area contributed by atoms with E-state index in [4.69, 9.17) is 5.41 Å². The number of aromatic nitrogens is 1. The minimum atomic E-state index is 0.0890. The second-order valence-electron chi connectivity index (χ2n) is 10.0. The number of fused-ring (bicyclic) bond motifs is 3. The van der Waals surface area contributed by atoms with Crippen molar-refractivity contribution in [3.8, 4) is 0 Å². The molecule has 3 aromatic carbocycles. The van der Waals surface area contributed by atoms with Gasteiger partial charge in [-0.2, -0.15) is 0 Å². The molecule has 0 bridgehead atoms. The van der Waals surface area contributed by atoms with Crippen LogP contribution in [0, 0.1) is 12.3 Å². The molecule has 0 atom stereocenters. The molecule has 0 spiro atoms. The van der Waals surface area contributed by atoms with E-state index in [1.165, 1.54) is 10.5 Å². The summed E-state index contributed by atoms with van der Waals surface area (Å²) in [5, 5.41) is 10.9. The minimum Gasteiger partial charge on any atom is -0.341 e. The lowest BCUT2D eigenvalue weighted by atomic mass is 9.92. The zero-order valence-corrected chi connectivity index (χ0v) is 23.3. The number of Topliss-reactive ketones (excluding diaryl/α,β-unsaturated/α-hetero) is 1. The third-order valence-electron chi connectivity index (χ3n) is 7.47. The van der Waals surface area contributed by atoms with Gasteiger partial charge in [-0.15, -0.1) is 11.8 Å². The average Bonchev–Trinajstić information content (AvgIpc) is 3.25. The maximum absolute atomic E-state index is 13.4. The molecule has 0 radical (unpaired) electrons. The molecule has 5 rings (SSSR count). The Labute approximate surface area is 229 Å². The molecule has 4 heteroatoms. The Morgan fingerprint density at radius 2 is 1.63 bits per heavy atom. The fourth-order valence-electron chi connectivity index (χ4n) is 5.21. The van der Waals surface area contributed by atoms with E-state index in [0.29, 0.717) is 12.1 Å². The number of benzene rings is 3. The smallest absolute Gasteiger partial charge is 0.192 e. The minimum absolute atomic E-state index is 0.0890. The van der Waals surface area contributed by atoms with E-state index in [0.717, 1.165) is 74.8 Å². The highest BCUT2D eigenvalue weighted by molar-refractivity contribution is 7.99. The van der Waals surface area contributed by atoms with Gasteiger partial charge in [0, 0.05) is 55.8 Å². The molecule has 1 aromatic heterocycles. The van der Waals surface area contributed by atoms with Crippen LogP contribution >= 0.6 is 11.8 Å². The Balaban J connectivity index is 1.43. The van der Waals surface area contributed by atoms with E-state index >= 15 is 0 Å². The molecule has 0 saturated carbocycles. The molecule has 0 aliphatic heterocycles. The van der Waals surface area contributed by atoms with E-state index in [1.54, 1.807) is 11.8 Å². The molecule has 1 N–H and O–H groups in total. The van der Waals surface area contributed by atoms with Gasteiger partial charge in [0.15, 0.2) is 5.78 Å². The number of nitrogens with one attached hydrogen (secondary N) is 1. The van der Waals surface area contributed by atoms with Crippen LogP contribution in [0.15, 0.2) is 95.4 Å². The van der Waals surface area contributed by atoms with Gasteiger partial charge in [-0.3, -0.25) is 4.79 Å². The summed E-state index contributed by atoms with van der Waals surface area (Å²) in [4.78, 5) is 14.6. The zero-order valence-electron chi connectivity index (χ0n) is 22.4. The number of allylic oxidation sites excluding steroid dienone is 5. The van der Waals surface area contributed by atoms with E-state index < -0.39 is 0 Å². The number of thioether (sulfide) groups is 1. The van der Waals surface area contributed by atoms with Gasteiger partial charge in [-0.05, 0) is 93.6 Å². The fraction of sp³-hybridized carbons (Fsp3) is 0.235. The van der Waals surface area contributed by atoms with Crippen molar-refractivity contribution in [2.24, 2.45) is 0 Å². The average molecular weight is 519 g/mol. The summed E-state index contributed by atoms with van der Waals surface area (Å²) >= 11 is 1.77. The topological polar surface area (TPSA) is 45.9 Å². The van der Waals surface area contributed by atoms with Crippen molar-refractivity contribution < 1.29 is 4.79 Å². The van der Waals surface area contributed by atoms with Crippen molar-refractivity contribution in [1.29, 1.82) is 5.41 Å². The van der Waals surface area contributed by atoms with Gasteiger partial charge in [0.25, 0.3) is 0 Å². The van der Waals surface area contributed by atoms with Crippen LogP contribution in [-0.4, -0.2) is 21.8 Å². The molecule has 1 heterocycles. The number of hydrogen-bond acceptors (Lipinski definition) is 3. The molecule has 4 aromatic rings. The van der Waals surface area contributed by atoms with Crippen LogP contribution in [0.2, 0.25) is 0 Å². The molecule has 38 heavy (non-hydrogen) atoms. The van der Waals surface area contributed by atoms with E-state index in [9.17, 15) is 4.79 Å². The van der Waals surface area contributed by atoms with E-state index in [2.05, 4.69) is 86.5 Å². The molecule has 1 aliphatic carbocycles. The SMILES string of the molecule is C=C(C(=N)CCSc1ccc(C)cc1)c1ccc2c(c1)c1cc(C(=O)C3=C(C)CCC=C3)ccc1n2CC. The highest BCUT2D eigenvalue weighted by atomic mass is 32.2. The molecule has 3 nitrogen and oxygen atoms in total. The summed E-state index contributed by atoms with van der Waals surface area (Å²) in [6.45, 7) is 11.4. The number of carbonyl (C=O) groups is 1. The highest BCUT2D eigenvalue weighted by Gasteiger charge is 2.18. The third-order valence-corrected chi connectivity index (χ3v) is 8.49. The summed E-state index contributed by atoms with van der Waals surface area (Å²) in [6.07, 6.45) is 6.67. The first-order valence-electron chi connectivity index (χ1n) is 13.3. The van der Waals surface area contributed by atoms with Gasteiger partial charge in [0.1, 0.15) is 0 Å². The van der Waals surface area contributed by atoms with Crippen LogP contribution in [0.3, 0.4) is 0 Å². The summed E-state index contributed by atoms with van der Waals surface area (Å²) in [5.74, 6) is 0.930. The lowest BCUT2D eigenvalue weighted by Gasteiger charge is -2.12. The highest BCUT2D eigenvalue weighted by Crippen LogP contribution is 2.33. The summed E-state index contributed by atoms with van der Waals surface area (Å²) < 4.78 is 2.29. The van der Waals surface area contributed by atoms with Gasteiger partial charge in [0.05, 0.1) is 0 Å². The largest absolute Gasteiger partial charge is 0.341 e. The van der Waals surface area contributed by atoms with Crippen molar-refractivity contribution in [2.75, 3.05) is 5.75 Å². The van der Waals surface area contributed by atoms with Crippen LogP contribution in [0.1, 0.15) is 54.6 Å². The normalized spacial score (nSPS) is 13.4. The van der Waals surface area contributed by atoms with Gasteiger partial charge in [-0.25, -0.2) is 0 Å². The molecule has 0 fully saturated rings. The maximum atomic E-state index is 13.4. The maximum Gasteiger partial charge on any atom is 0.192 e. The predicted molar refractivity (Wildman–Crippen MR) is 164 cm³/mol. The Morgan fingerprint density at radius 1 is 0.974 bits per heavy atom. The lowest BCUT2D eigenvalue weighted by Crippen LogP contribution is -2.06. The summed E-state index contributed by atoms with van der Waals surface area (Å²) in [6, 6.07) is 20.9. The standard InChI is InChI=1S/C34H34N2OS/c1-5-36-32-16-12-25(24(4)31(35)18-19-38-27-14-10-22(2)11-15-27)20-29(32)30-21-26(13-17-33(30)36)34(37)28-9-7-6-8-23(28)3/h7,9-17,20-21,35H,4-6,8,18-19H2,1-3H3. The Morgan fingerprint density at radius 3 is 2.29 bits per heavy atom. The van der Waals surface area contributed by atoms with Crippen LogP contribution in [-0.2, 0) is 6.54 Å². The molecular formula is C34H34N2OS. The number of rotatable bonds is 9. The molecule has 0 saturated heterocycles. The van der Waals surface area contributed by atoms with Gasteiger partial charge < -0.3 is 9.98 Å². The summed E-state index contributed by atoms with van der Waals surface area (Å²) in [7, 11) is 0. The number of aryl methyl sites for hydroxylation is 2. The van der Waals surface area contributed by atoms with Crippen LogP contribution < -0.4 is 0 Å². The monoisotopic (exact) mass is 518 g/mol. The Hall–Kier alpha value is -3.63. The van der Waals surface area contributed by atoms with Crippen molar-refractivity contribution >= 4 is 50.6 Å². The van der Waals surface area contributed by atoms with Crippen LogP contribution in [0.5, 0.6) is 0 Å². The number of carbonyl (C=O) groups excluding carboxylic acids is 1. The number of nitrogens with zero attached hydrogens (tertiary/aromatic N) is 1. The Kier molecular flexibility index (Phi) is 7.53. The van der Waals surface area contributed by atoms with Crippen molar-refractivity contribution in [1.82, 2.24) is 4.57 Å². The van der Waals surface area contributed by atoms with Crippen molar-refractivity contribution in [3.05, 3.63) is 107 Å². The van der Waals surface area contributed by atoms with E-state index in [-0.39, 0.29) is 5.78 Å². The van der Waals surface area contributed by atoms with E-state index in [1.807, 2.05) is 18.2 Å². The quantitative estimate of drug-likeness (QED) is 0.136. The predicted octanol–water partition coefficient (Wildman–Crippen LogP) is 9.19.